The number of hydrogen-bond acceptors (Lipinski definition) is 3. The molecule has 0 aliphatic rings. The van der Waals surface area contributed by atoms with E-state index in [0.717, 1.165) is 5.56 Å². The van der Waals surface area contributed by atoms with Crippen LogP contribution in [0, 0.1) is 5.82 Å². The van der Waals surface area contributed by atoms with Crippen molar-refractivity contribution in [1.82, 2.24) is 0 Å². The molecule has 0 aromatic heterocycles. The number of benzene rings is 1. The molecule has 1 rings (SSSR count). The highest BCUT2D eigenvalue weighted by Gasteiger charge is 2.19. The predicted octanol–water partition coefficient (Wildman–Crippen LogP) is 2.13. The maximum absolute atomic E-state index is 12.7. The van der Waals surface area contributed by atoms with Gasteiger partial charge < -0.3 is 14.6 Å². The molecule has 0 fully saturated rings. The third kappa shape index (κ3) is 4.81. The van der Waals surface area contributed by atoms with Crippen LogP contribution in [0.5, 0.6) is 0 Å². The van der Waals surface area contributed by atoms with Gasteiger partial charge in [-0.25, -0.2) is 4.39 Å². The summed E-state index contributed by atoms with van der Waals surface area (Å²) in [5.74, 6) is -0.283. The summed E-state index contributed by atoms with van der Waals surface area (Å²) in [7, 11) is 0. The van der Waals surface area contributed by atoms with Crippen LogP contribution in [0.25, 0.3) is 0 Å². The van der Waals surface area contributed by atoms with Crippen molar-refractivity contribution in [2.45, 2.75) is 32.7 Å². The summed E-state index contributed by atoms with van der Waals surface area (Å²) >= 11 is 0. The molecule has 96 valence electrons. The van der Waals surface area contributed by atoms with E-state index in [9.17, 15) is 9.50 Å². The van der Waals surface area contributed by atoms with Gasteiger partial charge in [-0.2, -0.15) is 0 Å². The van der Waals surface area contributed by atoms with Crippen LogP contribution >= 0.6 is 0 Å². The first-order valence-corrected chi connectivity index (χ1v) is 5.83. The molecule has 1 unspecified atom stereocenters. The molecule has 0 saturated heterocycles. The van der Waals surface area contributed by atoms with Gasteiger partial charge >= 0.3 is 0 Å². The molecule has 0 amide bonds. The quantitative estimate of drug-likeness (QED) is 0.744. The summed E-state index contributed by atoms with van der Waals surface area (Å²) < 4.78 is 23.3. The van der Waals surface area contributed by atoms with Crippen LogP contribution in [-0.2, 0) is 15.9 Å². The first-order chi connectivity index (χ1) is 8.17. The second kappa shape index (κ2) is 7.37. The molecule has 0 spiro atoms. The third-order valence-electron chi connectivity index (χ3n) is 2.33. The highest BCUT2D eigenvalue weighted by molar-refractivity contribution is 5.16. The van der Waals surface area contributed by atoms with E-state index in [4.69, 9.17) is 9.47 Å². The Kier molecular flexibility index (Phi) is 6.11. The molecule has 3 nitrogen and oxygen atoms in total. The van der Waals surface area contributed by atoms with E-state index in [-0.39, 0.29) is 5.82 Å². The van der Waals surface area contributed by atoms with Crippen LogP contribution in [-0.4, -0.2) is 30.7 Å². The fourth-order valence-corrected chi connectivity index (χ4v) is 1.56. The topological polar surface area (TPSA) is 38.7 Å². The third-order valence-corrected chi connectivity index (χ3v) is 2.33. The summed E-state index contributed by atoms with van der Waals surface area (Å²) in [6, 6.07) is 6.04. The zero-order valence-electron chi connectivity index (χ0n) is 10.2. The van der Waals surface area contributed by atoms with Crippen LogP contribution in [0.15, 0.2) is 24.3 Å². The van der Waals surface area contributed by atoms with Crippen LogP contribution in [0.3, 0.4) is 0 Å². The number of aliphatic hydroxyl groups is 1. The van der Waals surface area contributed by atoms with E-state index in [1.807, 2.05) is 13.8 Å². The van der Waals surface area contributed by atoms with Crippen molar-refractivity contribution >= 4 is 0 Å². The zero-order chi connectivity index (χ0) is 12.7. The van der Waals surface area contributed by atoms with Crippen LogP contribution in [0.2, 0.25) is 0 Å². The SMILES string of the molecule is CCOC(OCC)C(O)Cc1ccc(F)cc1. The largest absolute Gasteiger partial charge is 0.387 e. The number of halogens is 1. The highest BCUT2D eigenvalue weighted by atomic mass is 19.1. The Balaban J connectivity index is 2.55. The fraction of sp³-hybridized carbons (Fsp3) is 0.538. The standard InChI is InChI=1S/C13H19FO3/c1-3-16-13(17-4-2)12(15)9-10-5-7-11(14)8-6-10/h5-8,12-13,15H,3-4,9H2,1-2H3. The van der Waals surface area contributed by atoms with E-state index in [1.165, 1.54) is 12.1 Å². The van der Waals surface area contributed by atoms with Gasteiger partial charge in [-0.3, -0.25) is 0 Å². The van der Waals surface area contributed by atoms with Crippen molar-refractivity contribution in [2.75, 3.05) is 13.2 Å². The summed E-state index contributed by atoms with van der Waals surface area (Å²) in [5.41, 5.74) is 0.850. The molecule has 1 atom stereocenters. The normalized spacial score (nSPS) is 13.0. The lowest BCUT2D eigenvalue weighted by Crippen LogP contribution is -2.33. The molecule has 1 aromatic carbocycles. The lowest BCUT2D eigenvalue weighted by molar-refractivity contribution is -0.188. The second-order valence-electron chi connectivity index (χ2n) is 3.68. The molecule has 0 saturated carbocycles. The van der Waals surface area contributed by atoms with E-state index < -0.39 is 12.4 Å². The molecule has 17 heavy (non-hydrogen) atoms. The Bertz CT molecular complexity index is 307. The molecule has 0 aliphatic carbocycles. The first kappa shape index (κ1) is 14.1. The maximum Gasteiger partial charge on any atom is 0.183 e. The minimum absolute atomic E-state index is 0.283. The van der Waals surface area contributed by atoms with Crippen LogP contribution < -0.4 is 0 Å². The van der Waals surface area contributed by atoms with Crippen molar-refractivity contribution in [3.05, 3.63) is 35.6 Å². The van der Waals surface area contributed by atoms with Gasteiger partial charge in [0.1, 0.15) is 11.9 Å². The average molecular weight is 242 g/mol. The van der Waals surface area contributed by atoms with Gasteiger partial charge in [-0.1, -0.05) is 12.1 Å². The Hall–Kier alpha value is -0.970. The lowest BCUT2D eigenvalue weighted by Gasteiger charge is -2.22. The van der Waals surface area contributed by atoms with Crippen molar-refractivity contribution in [1.29, 1.82) is 0 Å². The molecule has 4 heteroatoms. The molecule has 0 bridgehead atoms. The van der Waals surface area contributed by atoms with Gasteiger partial charge in [0.25, 0.3) is 0 Å². The molecule has 0 radical (unpaired) electrons. The molecule has 1 N–H and O–H groups in total. The van der Waals surface area contributed by atoms with E-state index in [1.54, 1.807) is 12.1 Å². The maximum atomic E-state index is 12.7. The summed E-state index contributed by atoms with van der Waals surface area (Å²) in [6.45, 7) is 4.64. The Morgan fingerprint density at radius 1 is 1.12 bits per heavy atom. The number of hydrogen-bond donors (Lipinski definition) is 1. The molecule has 1 aromatic rings. The van der Waals surface area contributed by atoms with E-state index >= 15 is 0 Å². The van der Waals surface area contributed by atoms with Crippen LogP contribution in [0.1, 0.15) is 19.4 Å². The van der Waals surface area contributed by atoms with Gasteiger partial charge in [0.15, 0.2) is 6.29 Å². The summed E-state index contributed by atoms with van der Waals surface area (Å²) in [6.07, 6.45) is -0.999. The Labute approximate surface area is 101 Å². The Morgan fingerprint density at radius 3 is 2.12 bits per heavy atom. The number of aliphatic hydroxyl groups excluding tert-OH is 1. The highest BCUT2D eigenvalue weighted by Crippen LogP contribution is 2.11. The van der Waals surface area contributed by atoms with Gasteiger partial charge in [0.2, 0.25) is 0 Å². The van der Waals surface area contributed by atoms with Gasteiger partial charge in [0, 0.05) is 19.6 Å². The minimum atomic E-state index is -0.750. The van der Waals surface area contributed by atoms with Crippen molar-refractivity contribution in [2.24, 2.45) is 0 Å². The average Bonchev–Trinajstić information content (AvgIpc) is 2.32. The second-order valence-corrected chi connectivity index (χ2v) is 3.68. The van der Waals surface area contributed by atoms with E-state index in [2.05, 4.69) is 0 Å². The molecular weight excluding hydrogens is 223 g/mol. The predicted molar refractivity (Wildman–Crippen MR) is 63.2 cm³/mol. The Morgan fingerprint density at radius 2 is 1.65 bits per heavy atom. The number of ether oxygens (including phenoxy) is 2. The first-order valence-electron chi connectivity index (χ1n) is 5.83. The number of rotatable bonds is 7. The van der Waals surface area contributed by atoms with Gasteiger partial charge in [-0.05, 0) is 31.5 Å². The van der Waals surface area contributed by atoms with Crippen molar-refractivity contribution in [3.8, 4) is 0 Å². The zero-order valence-corrected chi connectivity index (χ0v) is 10.2. The molecule has 0 heterocycles. The summed E-state index contributed by atoms with van der Waals surface area (Å²) in [5, 5.41) is 9.95. The minimum Gasteiger partial charge on any atom is -0.387 e. The summed E-state index contributed by atoms with van der Waals surface area (Å²) in [4.78, 5) is 0. The molecular formula is C13H19FO3. The van der Waals surface area contributed by atoms with Gasteiger partial charge in [-0.15, -0.1) is 0 Å². The smallest absolute Gasteiger partial charge is 0.183 e. The monoisotopic (exact) mass is 242 g/mol. The van der Waals surface area contributed by atoms with E-state index in [0.29, 0.717) is 19.6 Å². The molecule has 0 aliphatic heterocycles. The van der Waals surface area contributed by atoms with Gasteiger partial charge in [0.05, 0.1) is 0 Å². The van der Waals surface area contributed by atoms with Crippen molar-refractivity contribution in [3.63, 3.8) is 0 Å². The van der Waals surface area contributed by atoms with Crippen molar-refractivity contribution < 1.29 is 19.0 Å². The lowest BCUT2D eigenvalue weighted by atomic mass is 10.1. The van der Waals surface area contributed by atoms with Crippen LogP contribution in [0.4, 0.5) is 4.39 Å². The fourth-order valence-electron chi connectivity index (χ4n) is 1.56.